The normalized spacial score (nSPS) is 26.7. The lowest BCUT2D eigenvalue weighted by Gasteiger charge is -2.19. The Hall–Kier alpha value is -0.670. The molecule has 2 nitrogen and oxygen atoms in total. The standard InChI is InChI=1S/C6H8F2O2/c7-6(8)4-1-2-10-5(9)3-4/h4,6H,1-3H2/t4-/m1/s1. The van der Waals surface area contributed by atoms with Crippen LogP contribution in [-0.2, 0) is 9.53 Å². The lowest BCUT2D eigenvalue weighted by Crippen LogP contribution is -2.25. The van der Waals surface area contributed by atoms with Gasteiger partial charge in [-0.3, -0.25) is 4.79 Å². The van der Waals surface area contributed by atoms with Crippen molar-refractivity contribution in [2.45, 2.75) is 19.3 Å². The van der Waals surface area contributed by atoms with Gasteiger partial charge in [-0.1, -0.05) is 0 Å². The van der Waals surface area contributed by atoms with Crippen LogP contribution in [0.1, 0.15) is 12.8 Å². The first kappa shape index (κ1) is 7.44. The Kier molecular flexibility index (Phi) is 2.19. The van der Waals surface area contributed by atoms with Crippen LogP contribution in [-0.4, -0.2) is 19.0 Å². The molecule has 0 unspecified atom stereocenters. The second-order valence-electron chi connectivity index (χ2n) is 2.31. The van der Waals surface area contributed by atoms with Crippen molar-refractivity contribution in [2.24, 2.45) is 5.92 Å². The van der Waals surface area contributed by atoms with Crippen molar-refractivity contribution < 1.29 is 18.3 Å². The number of esters is 1. The van der Waals surface area contributed by atoms with E-state index in [4.69, 9.17) is 0 Å². The summed E-state index contributed by atoms with van der Waals surface area (Å²) in [5.74, 6) is -1.28. The zero-order chi connectivity index (χ0) is 7.56. The molecule has 4 heteroatoms. The van der Waals surface area contributed by atoms with Crippen LogP contribution in [0.4, 0.5) is 8.78 Å². The average molecular weight is 150 g/mol. The van der Waals surface area contributed by atoms with E-state index in [1.807, 2.05) is 0 Å². The van der Waals surface area contributed by atoms with Crippen LogP contribution in [0, 0.1) is 5.92 Å². The fourth-order valence-electron chi connectivity index (χ4n) is 0.914. The first-order valence-electron chi connectivity index (χ1n) is 3.14. The summed E-state index contributed by atoms with van der Waals surface area (Å²) in [5, 5.41) is 0. The van der Waals surface area contributed by atoms with Crippen molar-refractivity contribution in [1.29, 1.82) is 0 Å². The third-order valence-corrected chi connectivity index (χ3v) is 1.54. The lowest BCUT2D eigenvalue weighted by atomic mass is 10.0. The summed E-state index contributed by atoms with van der Waals surface area (Å²) in [6.45, 7) is 0.147. The first-order valence-corrected chi connectivity index (χ1v) is 3.14. The predicted molar refractivity (Wildman–Crippen MR) is 29.7 cm³/mol. The Morgan fingerprint density at radius 1 is 1.60 bits per heavy atom. The van der Waals surface area contributed by atoms with Gasteiger partial charge in [-0.25, -0.2) is 8.78 Å². The smallest absolute Gasteiger partial charge is 0.306 e. The van der Waals surface area contributed by atoms with E-state index in [0.717, 1.165) is 0 Å². The number of alkyl halides is 2. The second kappa shape index (κ2) is 2.94. The largest absolute Gasteiger partial charge is 0.466 e. The Morgan fingerprint density at radius 2 is 2.30 bits per heavy atom. The molecule has 0 radical (unpaired) electrons. The average Bonchev–Trinajstić information content (AvgIpc) is 1.88. The molecule has 0 aromatic heterocycles. The van der Waals surface area contributed by atoms with Crippen molar-refractivity contribution >= 4 is 5.97 Å². The Bertz CT molecular complexity index is 136. The van der Waals surface area contributed by atoms with Crippen LogP contribution >= 0.6 is 0 Å². The highest BCUT2D eigenvalue weighted by Gasteiger charge is 2.27. The second-order valence-corrected chi connectivity index (χ2v) is 2.31. The number of ether oxygens (including phenoxy) is 1. The number of halogens is 2. The SMILES string of the molecule is O=C1C[C@H](C(F)F)CCO1. The molecule has 58 valence electrons. The molecule has 0 aliphatic carbocycles. The molecule has 1 aliphatic heterocycles. The van der Waals surface area contributed by atoms with Gasteiger partial charge in [-0.2, -0.15) is 0 Å². The van der Waals surface area contributed by atoms with Crippen LogP contribution in [0.3, 0.4) is 0 Å². The Morgan fingerprint density at radius 3 is 2.70 bits per heavy atom. The maximum Gasteiger partial charge on any atom is 0.306 e. The molecule has 0 saturated carbocycles. The van der Waals surface area contributed by atoms with E-state index >= 15 is 0 Å². The minimum atomic E-state index is -2.38. The highest BCUT2D eigenvalue weighted by molar-refractivity contribution is 5.70. The number of cyclic esters (lactones) is 1. The minimum absolute atomic E-state index is 0.127. The highest BCUT2D eigenvalue weighted by atomic mass is 19.3. The molecular weight excluding hydrogens is 142 g/mol. The van der Waals surface area contributed by atoms with Gasteiger partial charge in [0.2, 0.25) is 6.43 Å². The molecule has 1 rings (SSSR count). The van der Waals surface area contributed by atoms with E-state index in [9.17, 15) is 13.6 Å². The van der Waals surface area contributed by atoms with E-state index in [1.54, 1.807) is 0 Å². The Balaban J connectivity index is 2.39. The van der Waals surface area contributed by atoms with Gasteiger partial charge in [0.05, 0.1) is 13.0 Å². The quantitative estimate of drug-likeness (QED) is 0.525. The number of hydrogen-bond donors (Lipinski definition) is 0. The lowest BCUT2D eigenvalue weighted by molar-refractivity contribution is -0.152. The summed E-state index contributed by atoms with van der Waals surface area (Å²) in [4.78, 5) is 10.4. The number of carbonyl (C=O) groups is 1. The maximum absolute atomic E-state index is 11.9. The number of hydrogen-bond acceptors (Lipinski definition) is 2. The zero-order valence-electron chi connectivity index (χ0n) is 5.35. The molecule has 0 aromatic carbocycles. The minimum Gasteiger partial charge on any atom is -0.466 e. The van der Waals surface area contributed by atoms with Crippen molar-refractivity contribution in [3.63, 3.8) is 0 Å². The van der Waals surface area contributed by atoms with Crippen molar-refractivity contribution in [2.75, 3.05) is 6.61 Å². The monoisotopic (exact) mass is 150 g/mol. The molecule has 0 spiro atoms. The van der Waals surface area contributed by atoms with Crippen molar-refractivity contribution in [3.05, 3.63) is 0 Å². The summed E-state index contributed by atoms with van der Waals surface area (Å²) in [6, 6.07) is 0. The van der Waals surface area contributed by atoms with Crippen molar-refractivity contribution in [3.8, 4) is 0 Å². The van der Waals surface area contributed by atoms with Gasteiger partial charge in [-0.15, -0.1) is 0 Å². The molecule has 0 amide bonds. The maximum atomic E-state index is 11.9. The summed E-state index contributed by atoms with van der Waals surface area (Å²) in [6.07, 6.45) is -2.21. The molecule has 1 saturated heterocycles. The van der Waals surface area contributed by atoms with Gasteiger partial charge in [0.25, 0.3) is 0 Å². The van der Waals surface area contributed by atoms with Crippen LogP contribution < -0.4 is 0 Å². The van der Waals surface area contributed by atoms with Crippen molar-refractivity contribution in [1.82, 2.24) is 0 Å². The molecule has 0 N–H and O–H groups in total. The van der Waals surface area contributed by atoms with E-state index in [0.29, 0.717) is 6.42 Å². The van der Waals surface area contributed by atoms with E-state index in [-0.39, 0.29) is 13.0 Å². The van der Waals surface area contributed by atoms with Gasteiger partial charge in [0, 0.05) is 5.92 Å². The summed E-state index contributed by atoms with van der Waals surface area (Å²) >= 11 is 0. The summed E-state index contributed by atoms with van der Waals surface area (Å²) in [5.41, 5.74) is 0. The molecule has 10 heavy (non-hydrogen) atoms. The summed E-state index contributed by atoms with van der Waals surface area (Å²) in [7, 11) is 0. The van der Waals surface area contributed by atoms with Gasteiger partial charge in [0.1, 0.15) is 0 Å². The number of rotatable bonds is 1. The molecule has 1 aliphatic rings. The van der Waals surface area contributed by atoms with Crippen LogP contribution in [0.15, 0.2) is 0 Å². The van der Waals surface area contributed by atoms with Crippen LogP contribution in [0.2, 0.25) is 0 Å². The first-order chi connectivity index (χ1) is 4.70. The highest BCUT2D eigenvalue weighted by Crippen LogP contribution is 2.22. The molecule has 1 fully saturated rings. The van der Waals surface area contributed by atoms with Gasteiger partial charge >= 0.3 is 5.97 Å². The zero-order valence-corrected chi connectivity index (χ0v) is 5.35. The van der Waals surface area contributed by atoms with Crippen LogP contribution in [0.25, 0.3) is 0 Å². The molecule has 1 heterocycles. The summed E-state index contributed by atoms with van der Waals surface area (Å²) < 4.78 is 28.3. The van der Waals surface area contributed by atoms with Gasteiger partial charge < -0.3 is 4.74 Å². The molecule has 1 atom stereocenters. The topological polar surface area (TPSA) is 26.3 Å². The van der Waals surface area contributed by atoms with Gasteiger partial charge in [-0.05, 0) is 6.42 Å². The third kappa shape index (κ3) is 1.65. The van der Waals surface area contributed by atoms with Crippen LogP contribution in [0.5, 0.6) is 0 Å². The molecule has 0 bridgehead atoms. The molecular formula is C6H8F2O2. The van der Waals surface area contributed by atoms with E-state index < -0.39 is 18.3 Å². The van der Waals surface area contributed by atoms with E-state index in [2.05, 4.69) is 4.74 Å². The fourth-order valence-corrected chi connectivity index (χ4v) is 0.914. The van der Waals surface area contributed by atoms with E-state index in [1.165, 1.54) is 0 Å². The fraction of sp³-hybridized carbons (Fsp3) is 0.833. The third-order valence-electron chi connectivity index (χ3n) is 1.54. The molecule has 0 aromatic rings. The number of carbonyl (C=O) groups excluding carboxylic acids is 1. The predicted octanol–water partition coefficient (Wildman–Crippen LogP) is 1.20. The van der Waals surface area contributed by atoms with Gasteiger partial charge in [0.15, 0.2) is 0 Å². The Labute approximate surface area is 57.2 Å².